The van der Waals surface area contributed by atoms with Crippen molar-refractivity contribution >= 4 is 43.6 Å². The van der Waals surface area contributed by atoms with Crippen LogP contribution in [0.4, 0.5) is 0 Å². The molecule has 182 valence electrons. The topological polar surface area (TPSA) is 19.1 Å². The third kappa shape index (κ3) is 2.82. The maximum absolute atomic E-state index is 8.78. The Morgan fingerprint density at radius 2 is 1.21 bits per heavy atom. The van der Waals surface area contributed by atoms with Crippen molar-refractivity contribution < 1.29 is 15.7 Å². The molecule has 0 spiro atoms. The molecule has 0 radical (unpaired) electrons. The minimum Gasteiger partial charge on any atom is -0.453 e. The summed E-state index contributed by atoms with van der Waals surface area (Å²) in [6.45, 7) is 0. The largest absolute Gasteiger partial charge is 0.453 e. The zero-order chi connectivity index (χ0) is 32.5. The summed E-state index contributed by atoms with van der Waals surface area (Å²) < 4.78 is 78.4. The number of fused-ring (bicyclic) bond motifs is 8. The van der Waals surface area contributed by atoms with E-state index >= 15 is 0 Å². The highest BCUT2D eigenvalue weighted by Gasteiger charge is 2.24. The number of ether oxygens (including phenoxy) is 1. The first-order valence-corrected chi connectivity index (χ1v) is 12.6. The van der Waals surface area contributed by atoms with E-state index in [-0.39, 0.29) is 46.0 Å². The van der Waals surface area contributed by atoms with Crippen molar-refractivity contribution in [1.29, 1.82) is 0 Å². The van der Waals surface area contributed by atoms with Crippen molar-refractivity contribution in [1.82, 2.24) is 9.13 Å². The molecule has 2 aromatic heterocycles. The first kappa shape index (κ1) is 14.6. The number of hydrogen-bond donors (Lipinski definition) is 0. The van der Waals surface area contributed by atoms with Gasteiger partial charge in [-0.05, 0) is 65.7 Å². The van der Waals surface area contributed by atoms with Crippen LogP contribution in [-0.2, 0) is 0 Å². The number of nitrogens with zero attached hydrogens (tertiary/aromatic N) is 2. The Bertz CT molecular complexity index is 2620. The van der Waals surface area contributed by atoms with Crippen LogP contribution < -0.4 is 4.74 Å². The Kier molecular flexibility index (Phi) is 2.85. The molecule has 1 aliphatic heterocycles. The van der Waals surface area contributed by atoms with E-state index in [0.717, 1.165) is 50.1 Å². The first-order valence-electron chi connectivity index (χ1n) is 16.6. The molecule has 3 heteroatoms. The van der Waals surface area contributed by atoms with Crippen LogP contribution in [0.15, 0.2) is 133 Å². The van der Waals surface area contributed by atoms with E-state index < -0.39 is 24.2 Å². The summed E-state index contributed by atoms with van der Waals surface area (Å²) in [4.78, 5) is 0. The maximum Gasteiger partial charge on any atom is 0.152 e. The van der Waals surface area contributed by atoms with Gasteiger partial charge in [0.25, 0.3) is 0 Å². The minimum absolute atomic E-state index is 0.0560. The Hall–Kier alpha value is -5.28. The van der Waals surface area contributed by atoms with Crippen LogP contribution in [0.3, 0.4) is 0 Å². The van der Waals surface area contributed by atoms with Crippen molar-refractivity contribution in [2.24, 2.45) is 0 Å². The molecule has 39 heavy (non-hydrogen) atoms. The summed E-state index contributed by atoms with van der Waals surface area (Å²) >= 11 is 0. The van der Waals surface area contributed by atoms with Gasteiger partial charge in [-0.15, -0.1) is 0 Å². The van der Waals surface area contributed by atoms with Crippen LogP contribution in [0.25, 0.3) is 66.1 Å². The summed E-state index contributed by atoms with van der Waals surface area (Å²) in [7, 11) is 0. The lowest BCUT2D eigenvalue weighted by Crippen LogP contribution is -2.03. The Morgan fingerprint density at radius 1 is 0.513 bits per heavy atom. The van der Waals surface area contributed by atoms with Gasteiger partial charge in [-0.25, -0.2) is 0 Å². The number of aromatic nitrogens is 2. The Balaban J connectivity index is 1.29. The van der Waals surface area contributed by atoms with Crippen molar-refractivity contribution in [3.8, 4) is 34.0 Å². The lowest BCUT2D eigenvalue weighted by Gasteiger charge is -2.21. The third-order valence-corrected chi connectivity index (χ3v) is 7.55. The predicted octanol–water partition coefficient (Wildman–Crippen LogP) is 9.65. The highest BCUT2D eigenvalue weighted by molar-refractivity contribution is 6.13. The van der Waals surface area contributed by atoms with E-state index in [1.807, 2.05) is 54.6 Å². The zero-order valence-corrected chi connectivity index (χ0v) is 20.4. The molecule has 1 aliphatic rings. The molecule has 0 saturated carbocycles. The molecule has 0 unspecified atom stereocenters. The van der Waals surface area contributed by atoms with Gasteiger partial charge in [-0.1, -0.05) is 78.7 Å². The van der Waals surface area contributed by atoms with Gasteiger partial charge >= 0.3 is 0 Å². The van der Waals surface area contributed by atoms with Gasteiger partial charge in [0, 0.05) is 27.2 Å². The van der Waals surface area contributed by atoms with E-state index in [1.165, 1.54) is 4.57 Å². The molecule has 0 aliphatic carbocycles. The zero-order valence-electron chi connectivity index (χ0n) is 28.4. The van der Waals surface area contributed by atoms with E-state index in [1.54, 1.807) is 12.1 Å². The molecule has 8 aromatic rings. The molecule has 3 heterocycles. The maximum atomic E-state index is 8.78. The van der Waals surface area contributed by atoms with Crippen LogP contribution in [0.1, 0.15) is 11.0 Å². The van der Waals surface area contributed by atoms with Crippen molar-refractivity contribution in [2.75, 3.05) is 0 Å². The van der Waals surface area contributed by atoms with Crippen molar-refractivity contribution in [3.05, 3.63) is 133 Å². The number of hydrogen-bond acceptors (Lipinski definition) is 1. The van der Waals surface area contributed by atoms with E-state index in [9.17, 15) is 0 Å². The van der Waals surface area contributed by atoms with Gasteiger partial charge in [0.2, 0.25) is 0 Å². The van der Waals surface area contributed by atoms with Crippen LogP contribution in [0, 0.1) is 0 Å². The smallest absolute Gasteiger partial charge is 0.152 e. The van der Waals surface area contributed by atoms with Crippen molar-refractivity contribution in [2.45, 2.75) is 0 Å². The highest BCUT2D eigenvalue weighted by atomic mass is 16.5. The third-order valence-electron chi connectivity index (χ3n) is 7.55. The van der Waals surface area contributed by atoms with Gasteiger partial charge in [-0.3, -0.25) is 0 Å². The fourth-order valence-electron chi connectivity index (χ4n) is 5.88. The monoisotopic (exact) mass is 506 g/mol. The van der Waals surface area contributed by atoms with Gasteiger partial charge in [0.1, 0.15) is 0 Å². The first-order chi connectivity index (χ1) is 22.7. The molecule has 0 fully saturated rings. The van der Waals surface area contributed by atoms with E-state index in [0.29, 0.717) is 5.69 Å². The Morgan fingerprint density at radius 3 is 2.00 bits per heavy atom. The van der Waals surface area contributed by atoms with Crippen LogP contribution in [0.2, 0.25) is 0 Å². The summed E-state index contributed by atoms with van der Waals surface area (Å²) in [6.07, 6.45) is 0. The average Bonchev–Trinajstić information content (AvgIpc) is 3.63. The van der Waals surface area contributed by atoms with Crippen molar-refractivity contribution in [3.63, 3.8) is 0 Å². The number of benzene rings is 6. The predicted molar refractivity (Wildman–Crippen MR) is 161 cm³/mol. The summed E-state index contributed by atoms with van der Waals surface area (Å²) in [5, 5.41) is 2.25. The van der Waals surface area contributed by atoms with Gasteiger partial charge in [0.05, 0.1) is 38.7 Å². The molecule has 0 saturated heterocycles. The molecule has 9 rings (SSSR count). The van der Waals surface area contributed by atoms with Crippen LogP contribution in [-0.4, -0.2) is 9.13 Å². The summed E-state index contributed by atoms with van der Waals surface area (Å²) in [5.74, 6) is 1.49. The van der Waals surface area contributed by atoms with Gasteiger partial charge < -0.3 is 13.9 Å². The van der Waals surface area contributed by atoms with Gasteiger partial charge in [0.15, 0.2) is 11.5 Å². The standard InChI is InChI=1S/C36H22N2O/c1-4-12-30-26(9-1)27-10-2-5-13-31(27)37(30)25-19-17-23(18-20-25)24-21-29-28-11-3-6-14-32(28)38-33-15-7-8-16-34(33)39-35(22-24)36(29)38/h1-22H/i1D,2D,4D,5D,9D,10D,12D,13D. The highest BCUT2D eigenvalue weighted by Crippen LogP contribution is 2.47. The molecule has 3 nitrogen and oxygen atoms in total. The molecular weight excluding hydrogens is 476 g/mol. The molecule has 0 N–H and O–H groups in total. The van der Waals surface area contributed by atoms with E-state index in [2.05, 4.69) is 22.8 Å². The fraction of sp³-hybridized carbons (Fsp3) is 0. The van der Waals surface area contributed by atoms with Crippen LogP contribution >= 0.6 is 0 Å². The fourth-order valence-corrected chi connectivity index (χ4v) is 5.88. The number of para-hydroxylation sites is 5. The quantitative estimate of drug-likeness (QED) is 0.228. The van der Waals surface area contributed by atoms with E-state index in [4.69, 9.17) is 15.7 Å². The lowest BCUT2D eigenvalue weighted by molar-refractivity contribution is 0.476. The molecule has 0 atom stereocenters. The number of rotatable bonds is 2. The Labute approximate surface area is 236 Å². The SMILES string of the molecule is [2H]c1c([2H])c([2H])c2c(c1[2H])c1c([2H])c([2H])c([2H])c([2H])c1n2-c1ccc(-c2cc3c4c(c2)c2ccccc2n4-c2ccccc2O3)cc1. The summed E-state index contributed by atoms with van der Waals surface area (Å²) in [5.41, 5.74) is 5.50. The second-order valence-corrected chi connectivity index (χ2v) is 9.62. The van der Waals surface area contributed by atoms with Crippen LogP contribution in [0.5, 0.6) is 11.5 Å². The second kappa shape index (κ2) is 7.62. The average molecular weight is 507 g/mol. The molecule has 0 bridgehead atoms. The second-order valence-electron chi connectivity index (χ2n) is 9.62. The molecule has 0 amide bonds. The summed E-state index contributed by atoms with van der Waals surface area (Å²) in [6, 6.07) is 24.6. The minimum atomic E-state index is -0.463. The lowest BCUT2D eigenvalue weighted by atomic mass is 10.0. The molecular formula is C36H22N2O. The molecule has 6 aromatic carbocycles. The normalized spacial score (nSPS) is 15.2. The van der Waals surface area contributed by atoms with Gasteiger partial charge in [-0.2, -0.15) is 0 Å².